The molecule has 3 heterocycles. The first kappa shape index (κ1) is 17.9. The van der Waals surface area contributed by atoms with Crippen molar-refractivity contribution in [1.29, 1.82) is 0 Å². The van der Waals surface area contributed by atoms with Crippen LogP contribution < -0.4 is 9.62 Å². The molecule has 1 atom stereocenters. The molecule has 1 unspecified atom stereocenters. The Balaban J connectivity index is 1.82. The van der Waals surface area contributed by atoms with Crippen LogP contribution in [0.4, 0.5) is 14.6 Å². The van der Waals surface area contributed by atoms with Crippen molar-refractivity contribution in [3.05, 3.63) is 18.0 Å². The summed E-state index contributed by atoms with van der Waals surface area (Å²) in [5, 5.41) is 11.5. The molecule has 0 aromatic carbocycles. The van der Waals surface area contributed by atoms with Crippen LogP contribution >= 0.6 is 0 Å². The molecule has 0 radical (unpaired) electrons. The summed E-state index contributed by atoms with van der Waals surface area (Å²) in [4.78, 5) is 2.04. The predicted molar refractivity (Wildman–Crippen MR) is 88.2 cm³/mol. The Morgan fingerprint density at radius 2 is 2.12 bits per heavy atom. The lowest BCUT2D eigenvalue weighted by Gasteiger charge is -2.36. The van der Waals surface area contributed by atoms with Crippen molar-refractivity contribution >= 4 is 21.5 Å². The van der Waals surface area contributed by atoms with Crippen molar-refractivity contribution in [2.45, 2.75) is 38.2 Å². The van der Waals surface area contributed by atoms with Gasteiger partial charge in [0.15, 0.2) is 5.65 Å². The van der Waals surface area contributed by atoms with Gasteiger partial charge in [0.05, 0.1) is 6.26 Å². The molecule has 1 aliphatic heterocycles. The number of anilines is 1. The molecule has 2 aromatic heterocycles. The Morgan fingerprint density at radius 1 is 1.32 bits per heavy atom. The van der Waals surface area contributed by atoms with E-state index in [2.05, 4.69) is 20.0 Å². The monoisotopic (exact) mass is 374 g/mol. The minimum Gasteiger partial charge on any atom is -0.352 e. The SMILES string of the molecule is CS(=O)(=O)NCCC1CCCCN1c1ccc2nnc(C(F)F)n2n1. The molecule has 1 N–H and O–H groups in total. The van der Waals surface area contributed by atoms with Crippen LogP contribution in [0.1, 0.15) is 37.9 Å². The molecular formula is C14H20F2N6O2S. The van der Waals surface area contributed by atoms with Crippen molar-refractivity contribution in [3.63, 3.8) is 0 Å². The Hall–Kier alpha value is -1.88. The molecule has 25 heavy (non-hydrogen) atoms. The molecule has 0 bridgehead atoms. The Morgan fingerprint density at radius 3 is 2.84 bits per heavy atom. The van der Waals surface area contributed by atoms with Gasteiger partial charge in [0.2, 0.25) is 15.8 Å². The van der Waals surface area contributed by atoms with Gasteiger partial charge in [-0.3, -0.25) is 0 Å². The average molecular weight is 374 g/mol. The van der Waals surface area contributed by atoms with Crippen LogP contribution in [-0.4, -0.2) is 53.6 Å². The highest BCUT2D eigenvalue weighted by Crippen LogP contribution is 2.26. The fourth-order valence-corrected chi connectivity index (χ4v) is 3.59. The first-order valence-corrected chi connectivity index (χ1v) is 9.96. The molecule has 11 heteroatoms. The number of aromatic nitrogens is 4. The standard InChI is InChI=1S/C14H20F2N6O2S/c1-25(23,24)17-8-7-10-4-2-3-9-21(10)12-6-5-11-18-19-14(13(15)16)22(11)20-12/h5-6,10,13,17H,2-4,7-9H2,1H3. The maximum Gasteiger partial charge on any atom is 0.299 e. The highest BCUT2D eigenvalue weighted by Gasteiger charge is 2.25. The van der Waals surface area contributed by atoms with Gasteiger partial charge in [-0.15, -0.1) is 15.3 Å². The van der Waals surface area contributed by atoms with Gasteiger partial charge in [-0.25, -0.2) is 21.9 Å². The molecule has 0 aliphatic carbocycles. The van der Waals surface area contributed by atoms with Crippen LogP contribution in [0.25, 0.3) is 5.65 Å². The van der Waals surface area contributed by atoms with Crippen molar-refractivity contribution < 1.29 is 17.2 Å². The number of alkyl halides is 2. The number of hydrogen-bond donors (Lipinski definition) is 1. The van der Waals surface area contributed by atoms with Gasteiger partial charge < -0.3 is 4.90 Å². The summed E-state index contributed by atoms with van der Waals surface area (Å²) in [6.45, 7) is 1.07. The molecular weight excluding hydrogens is 354 g/mol. The fourth-order valence-electron chi connectivity index (χ4n) is 3.10. The van der Waals surface area contributed by atoms with Gasteiger partial charge in [-0.1, -0.05) is 0 Å². The molecule has 3 rings (SSSR count). The number of fused-ring (bicyclic) bond motifs is 1. The van der Waals surface area contributed by atoms with Gasteiger partial charge in [0.1, 0.15) is 5.82 Å². The van der Waals surface area contributed by atoms with E-state index in [1.807, 2.05) is 4.90 Å². The summed E-state index contributed by atoms with van der Waals surface area (Å²) in [7, 11) is -3.23. The van der Waals surface area contributed by atoms with E-state index in [4.69, 9.17) is 0 Å². The van der Waals surface area contributed by atoms with Crippen LogP contribution in [0.3, 0.4) is 0 Å². The van der Waals surface area contributed by atoms with Crippen LogP contribution in [0.15, 0.2) is 12.1 Å². The van der Waals surface area contributed by atoms with E-state index in [-0.39, 0.29) is 11.7 Å². The minimum atomic E-state index is -3.23. The normalized spacial score (nSPS) is 19.0. The molecule has 0 spiro atoms. The third-order valence-electron chi connectivity index (χ3n) is 4.23. The quantitative estimate of drug-likeness (QED) is 0.821. The first-order valence-electron chi connectivity index (χ1n) is 8.07. The lowest BCUT2D eigenvalue weighted by Crippen LogP contribution is -2.42. The van der Waals surface area contributed by atoms with Gasteiger partial charge in [0.25, 0.3) is 6.43 Å². The highest BCUT2D eigenvalue weighted by molar-refractivity contribution is 7.88. The Labute approximate surface area is 144 Å². The molecule has 138 valence electrons. The maximum atomic E-state index is 13.0. The zero-order valence-corrected chi connectivity index (χ0v) is 14.6. The lowest BCUT2D eigenvalue weighted by molar-refractivity contribution is 0.137. The lowest BCUT2D eigenvalue weighted by atomic mass is 9.99. The number of piperidine rings is 1. The minimum absolute atomic E-state index is 0.0967. The van der Waals surface area contributed by atoms with Crippen LogP contribution in [0, 0.1) is 0 Å². The van der Waals surface area contributed by atoms with E-state index in [0.29, 0.717) is 18.8 Å². The van der Waals surface area contributed by atoms with Crippen molar-refractivity contribution in [2.75, 3.05) is 24.2 Å². The fraction of sp³-hybridized carbons (Fsp3) is 0.643. The zero-order chi connectivity index (χ0) is 18.0. The van der Waals surface area contributed by atoms with E-state index in [0.717, 1.165) is 36.6 Å². The molecule has 0 amide bonds. The number of nitrogens with zero attached hydrogens (tertiary/aromatic N) is 5. The maximum absolute atomic E-state index is 13.0. The van der Waals surface area contributed by atoms with Gasteiger partial charge in [-0.2, -0.15) is 4.52 Å². The van der Waals surface area contributed by atoms with Crippen LogP contribution in [0.2, 0.25) is 0 Å². The zero-order valence-electron chi connectivity index (χ0n) is 13.8. The molecule has 2 aromatic rings. The largest absolute Gasteiger partial charge is 0.352 e. The van der Waals surface area contributed by atoms with Crippen molar-refractivity contribution in [1.82, 2.24) is 24.5 Å². The first-order chi connectivity index (χ1) is 11.8. The summed E-state index contributed by atoms with van der Waals surface area (Å²) in [5.41, 5.74) is 0.270. The number of hydrogen-bond acceptors (Lipinski definition) is 6. The van der Waals surface area contributed by atoms with Gasteiger partial charge in [-0.05, 0) is 37.8 Å². The van der Waals surface area contributed by atoms with Crippen molar-refractivity contribution in [3.8, 4) is 0 Å². The Bertz CT molecular complexity index is 841. The summed E-state index contributed by atoms with van der Waals surface area (Å²) in [5.74, 6) is 0.0856. The number of sulfonamides is 1. The van der Waals surface area contributed by atoms with E-state index in [1.54, 1.807) is 12.1 Å². The van der Waals surface area contributed by atoms with Crippen molar-refractivity contribution in [2.24, 2.45) is 0 Å². The number of halogens is 2. The molecule has 1 fully saturated rings. The second kappa shape index (κ2) is 7.16. The van der Waals surface area contributed by atoms with E-state index < -0.39 is 22.3 Å². The second-order valence-corrected chi connectivity index (χ2v) is 7.95. The van der Waals surface area contributed by atoms with Gasteiger partial charge in [0, 0.05) is 19.1 Å². The highest BCUT2D eigenvalue weighted by atomic mass is 32.2. The third kappa shape index (κ3) is 4.21. The van der Waals surface area contributed by atoms with E-state index in [9.17, 15) is 17.2 Å². The Kier molecular flexibility index (Phi) is 5.13. The smallest absolute Gasteiger partial charge is 0.299 e. The summed E-state index contributed by atoms with van der Waals surface area (Å²) >= 11 is 0. The molecule has 1 aliphatic rings. The van der Waals surface area contributed by atoms with Crippen LogP contribution in [-0.2, 0) is 10.0 Å². The number of rotatable bonds is 6. The number of nitrogens with one attached hydrogen (secondary N) is 1. The summed E-state index contributed by atoms with van der Waals surface area (Å²) in [6.07, 6.45) is 1.90. The van der Waals surface area contributed by atoms with Crippen LogP contribution in [0.5, 0.6) is 0 Å². The third-order valence-corrected chi connectivity index (χ3v) is 4.96. The topological polar surface area (TPSA) is 92.5 Å². The van der Waals surface area contributed by atoms with Gasteiger partial charge >= 0.3 is 0 Å². The second-order valence-electron chi connectivity index (χ2n) is 6.12. The molecule has 8 nitrogen and oxygen atoms in total. The summed E-state index contributed by atoms with van der Waals surface area (Å²) < 4.78 is 52.0. The molecule has 1 saturated heterocycles. The van der Waals surface area contributed by atoms with E-state index in [1.165, 1.54) is 0 Å². The predicted octanol–water partition coefficient (Wildman–Crippen LogP) is 1.36. The summed E-state index contributed by atoms with van der Waals surface area (Å²) in [6, 6.07) is 3.45. The average Bonchev–Trinajstić information content (AvgIpc) is 2.97. The van der Waals surface area contributed by atoms with E-state index >= 15 is 0 Å². The molecule has 0 saturated carbocycles.